The number of halogens is 1. The molecule has 2 aromatic rings. The molecule has 1 aliphatic carbocycles. The van der Waals surface area contributed by atoms with Crippen molar-refractivity contribution in [1.82, 2.24) is 0 Å². The summed E-state index contributed by atoms with van der Waals surface area (Å²) in [7, 11) is 0. The molecule has 110 valence electrons. The first-order valence-corrected chi connectivity index (χ1v) is 8.70. The molecular formula is C19H21IO. The normalized spacial score (nSPS) is 20.6. The van der Waals surface area contributed by atoms with Gasteiger partial charge in [0.15, 0.2) is 0 Å². The van der Waals surface area contributed by atoms with E-state index in [4.69, 9.17) is 0 Å². The summed E-state index contributed by atoms with van der Waals surface area (Å²) >= 11 is 2.30. The minimum Gasteiger partial charge on any atom is -0.385 e. The number of hydrogen-bond donors (Lipinski definition) is 1. The van der Waals surface area contributed by atoms with E-state index in [1.807, 2.05) is 6.92 Å². The van der Waals surface area contributed by atoms with Gasteiger partial charge in [0.05, 0.1) is 5.60 Å². The van der Waals surface area contributed by atoms with Crippen LogP contribution in [0.5, 0.6) is 0 Å². The first kappa shape index (κ1) is 15.0. The van der Waals surface area contributed by atoms with Crippen LogP contribution in [0, 0.1) is 3.57 Å². The van der Waals surface area contributed by atoms with E-state index in [-0.39, 0.29) is 0 Å². The Balaban J connectivity index is 1.84. The third-order valence-electron chi connectivity index (χ3n) is 4.60. The van der Waals surface area contributed by atoms with E-state index in [1.165, 1.54) is 34.0 Å². The molecule has 2 heteroatoms. The molecule has 0 aromatic heterocycles. The molecule has 2 aromatic carbocycles. The Kier molecular flexibility index (Phi) is 4.36. The zero-order chi connectivity index (χ0) is 14.9. The van der Waals surface area contributed by atoms with Crippen LogP contribution in [0.2, 0.25) is 0 Å². The van der Waals surface area contributed by atoms with E-state index >= 15 is 0 Å². The average Bonchev–Trinajstić information content (AvgIpc) is 2.48. The molecule has 0 radical (unpaired) electrons. The smallest absolute Gasteiger partial charge is 0.0874 e. The molecule has 1 aliphatic rings. The van der Waals surface area contributed by atoms with Gasteiger partial charge >= 0.3 is 0 Å². The minimum atomic E-state index is -0.764. The number of hydrogen-bond acceptors (Lipinski definition) is 1. The van der Waals surface area contributed by atoms with E-state index < -0.39 is 5.60 Å². The van der Waals surface area contributed by atoms with Crippen LogP contribution >= 0.6 is 22.6 Å². The highest BCUT2D eigenvalue weighted by molar-refractivity contribution is 14.1. The lowest BCUT2D eigenvalue weighted by molar-refractivity contribution is 0.0380. The third-order valence-corrected chi connectivity index (χ3v) is 5.32. The maximum Gasteiger partial charge on any atom is 0.0874 e. The van der Waals surface area contributed by atoms with Crippen LogP contribution < -0.4 is 0 Å². The first-order chi connectivity index (χ1) is 10.1. The van der Waals surface area contributed by atoms with Crippen molar-refractivity contribution in [1.29, 1.82) is 0 Å². The largest absolute Gasteiger partial charge is 0.385 e. The van der Waals surface area contributed by atoms with Crippen molar-refractivity contribution in [3.63, 3.8) is 0 Å². The minimum absolute atomic E-state index is 0.462. The predicted molar refractivity (Wildman–Crippen MR) is 95.5 cm³/mol. The highest BCUT2D eigenvalue weighted by Gasteiger charge is 2.30. The van der Waals surface area contributed by atoms with Crippen molar-refractivity contribution >= 4 is 22.6 Å². The SMILES string of the molecule is CC(O)(CC1CCCc2ccccc21)c1ccc(I)cc1. The summed E-state index contributed by atoms with van der Waals surface area (Å²) in [6.07, 6.45) is 4.38. The summed E-state index contributed by atoms with van der Waals surface area (Å²) in [6.45, 7) is 1.95. The molecule has 0 spiro atoms. The van der Waals surface area contributed by atoms with Gasteiger partial charge in [0.2, 0.25) is 0 Å². The van der Waals surface area contributed by atoms with Gasteiger partial charge in [0, 0.05) is 3.57 Å². The summed E-state index contributed by atoms with van der Waals surface area (Å²) in [5, 5.41) is 11.0. The second-order valence-electron chi connectivity index (χ2n) is 6.27. The van der Waals surface area contributed by atoms with Gasteiger partial charge in [-0.25, -0.2) is 0 Å². The predicted octanol–water partition coefficient (Wildman–Crippen LogP) is 5.01. The summed E-state index contributed by atoms with van der Waals surface area (Å²) in [5.41, 5.74) is 3.16. The molecule has 1 N–H and O–H groups in total. The van der Waals surface area contributed by atoms with E-state index in [2.05, 4.69) is 71.1 Å². The molecule has 0 saturated heterocycles. The Labute approximate surface area is 140 Å². The Morgan fingerprint density at radius 3 is 2.62 bits per heavy atom. The number of benzene rings is 2. The van der Waals surface area contributed by atoms with Gasteiger partial charge in [-0.15, -0.1) is 0 Å². The van der Waals surface area contributed by atoms with Crippen LogP contribution in [0.25, 0.3) is 0 Å². The lowest BCUT2D eigenvalue weighted by Crippen LogP contribution is -2.26. The van der Waals surface area contributed by atoms with Crippen molar-refractivity contribution < 1.29 is 5.11 Å². The standard InChI is InChI=1S/C19H21IO/c1-19(21,16-9-11-17(20)12-10-16)13-15-7-4-6-14-5-2-3-8-18(14)15/h2-3,5,8-12,15,21H,4,6-7,13H2,1H3. The Hall–Kier alpha value is -0.870. The van der Waals surface area contributed by atoms with Crippen LogP contribution in [0.15, 0.2) is 48.5 Å². The molecule has 21 heavy (non-hydrogen) atoms. The van der Waals surface area contributed by atoms with Gasteiger partial charge in [-0.1, -0.05) is 36.4 Å². The van der Waals surface area contributed by atoms with Crippen LogP contribution in [0.4, 0.5) is 0 Å². The highest BCUT2D eigenvalue weighted by atomic mass is 127. The highest BCUT2D eigenvalue weighted by Crippen LogP contribution is 2.40. The summed E-state index contributed by atoms with van der Waals surface area (Å²) in [4.78, 5) is 0. The molecule has 3 rings (SSSR count). The van der Waals surface area contributed by atoms with Crippen molar-refractivity contribution in [2.75, 3.05) is 0 Å². The van der Waals surface area contributed by atoms with Gasteiger partial charge < -0.3 is 5.11 Å². The lowest BCUT2D eigenvalue weighted by atomic mass is 9.75. The maximum atomic E-state index is 11.0. The molecule has 2 unspecified atom stereocenters. The molecule has 0 saturated carbocycles. The molecule has 0 fully saturated rings. The average molecular weight is 392 g/mol. The number of aryl methyl sites for hydroxylation is 1. The van der Waals surface area contributed by atoms with Gasteiger partial charge in [-0.05, 0) is 89.9 Å². The van der Waals surface area contributed by atoms with E-state index in [0.717, 1.165) is 12.0 Å². The number of rotatable bonds is 3. The Morgan fingerprint density at radius 1 is 1.14 bits per heavy atom. The van der Waals surface area contributed by atoms with Crippen molar-refractivity contribution in [2.24, 2.45) is 0 Å². The number of aliphatic hydroxyl groups is 1. The molecule has 0 amide bonds. The van der Waals surface area contributed by atoms with Crippen LogP contribution in [-0.2, 0) is 12.0 Å². The van der Waals surface area contributed by atoms with Gasteiger partial charge in [-0.3, -0.25) is 0 Å². The van der Waals surface area contributed by atoms with Crippen molar-refractivity contribution in [3.05, 3.63) is 68.8 Å². The van der Waals surface area contributed by atoms with Crippen LogP contribution in [0.3, 0.4) is 0 Å². The fraction of sp³-hybridized carbons (Fsp3) is 0.368. The molecule has 2 atom stereocenters. The van der Waals surface area contributed by atoms with E-state index in [0.29, 0.717) is 5.92 Å². The maximum absolute atomic E-state index is 11.0. The van der Waals surface area contributed by atoms with Gasteiger partial charge in [0.1, 0.15) is 0 Å². The topological polar surface area (TPSA) is 20.2 Å². The fourth-order valence-electron chi connectivity index (χ4n) is 3.47. The third kappa shape index (κ3) is 3.32. The van der Waals surface area contributed by atoms with E-state index in [9.17, 15) is 5.11 Å². The second-order valence-corrected chi connectivity index (χ2v) is 7.52. The molecular weight excluding hydrogens is 371 g/mol. The second kappa shape index (κ2) is 6.09. The van der Waals surface area contributed by atoms with E-state index in [1.54, 1.807) is 0 Å². The zero-order valence-electron chi connectivity index (χ0n) is 12.3. The molecule has 0 aliphatic heterocycles. The Bertz CT molecular complexity index is 616. The number of fused-ring (bicyclic) bond motifs is 1. The van der Waals surface area contributed by atoms with Gasteiger partial charge in [0.25, 0.3) is 0 Å². The quantitative estimate of drug-likeness (QED) is 0.729. The monoisotopic (exact) mass is 392 g/mol. The molecule has 0 bridgehead atoms. The molecule has 1 nitrogen and oxygen atoms in total. The zero-order valence-corrected chi connectivity index (χ0v) is 14.5. The van der Waals surface area contributed by atoms with Gasteiger partial charge in [-0.2, -0.15) is 0 Å². The van der Waals surface area contributed by atoms with Crippen molar-refractivity contribution in [3.8, 4) is 0 Å². The summed E-state index contributed by atoms with van der Waals surface area (Å²) in [5.74, 6) is 0.462. The van der Waals surface area contributed by atoms with Crippen LogP contribution in [-0.4, -0.2) is 5.11 Å². The van der Waals surface area contributed by atoms with Crippen molar-refractivity contribution in [2.45, 2.75) is 44.1 Å². The lowest BCUT2D eigenvalue weighted by Gasteiger charge is -2.32. The van der Waals surface area contributed by atoms with Crippen LogP contribution in [0.1, 0.15) is 48.8 Å². The fourth-order valence-corrected chi connectivity index (χ4v) is 3.83. The molecule has 0 heterocycles. The Morgan fingerprint density at radius 2 is 1.86 bits per heavy atom. The summed E-state index contributed by atoms with van der Waals surface area (Å²) in [6, 6.07) is 17.0. The first-order valence-electron chi connectivity index (χ1n) is 7.62. The summed E-state index contributed by atoms with van der Waals surface area (Å²) < 4.78 is 1.20.